The molecule has 1 aliphatic carbocycles. The summed E-state index contributed by atoms with van der Waals surface area (Å²) >= 11 is 5.54. The molecule has 0 bridgehead atoms. The van der Waals surface area contributed by atoms with Crippen molar-refractivity contribution in [3.05, 3.63) is 117 Å². The molecule has 1 N–H and O–H groups in total. The number of halogens is 1. The number of methoxy groups -OCH3 is 1. The largest absolute Gasteiger partial charge is 0.493 e. The summed E-state index contributed by atoms with van der Waals surface area (Å²) in [6.45, 7) is 6.82. The lowest BCUT2D eigenvalue weighted by Crippen LogP contribution is -2.44. The van der Waals surface area contributed by atoms with Crippen molar-refractivity contribution in [3.63, 3.8) is 0 Å². The van der Waals surface area contributed by atoms with E-state index in [0.29, 0.717) is 31.1 Å². The monoisotopic (exact) mass is 890 g/mol. The van der Waals surface area contributed by atoms with Crippen LogP contribution in [0.4, 0.5) is 11.4 Å². The Hall–Kier alpha value is -5.59. The Bertz CT molecular complexity index is 2470. The Kier molecular flexibility index (Phi) is 15.2. The number of carbonyl (C=O) groups is 3. The third-order valence-electron chi connectivity index (χ3n) is 13.0. The highest BCUT2D eigenvalue weighted by Crippen LogP contribution is 2.37. The van der Waals surface area contributed by atoms with Gasteiger partial charge in [-0.25, -0.2) is 4.79 Å². The van der Waals surface area contributed by atoms with Crippen molar-refractivity contribution in [2.45, 2.75) is 109 Å². The van der Waals surface area contributed by atoms with E-state index in [1.165, 1.54) is 37.7 Å². The number of ether oxygens (including phenoxy) is 2. The fourth-order valence-electron chi connectivity index (χ4n) is 9.47. The summed E-state index contributed by atoms with van der Waals surface area (Å²) in [7, 11) is 7.39. The number of fused-ring (bicyclic) bond motifs is 2. The molecule has 3 aliphatic heterocycles. The van der Waals surface area contributed by atoms with E-state index in [9.17, 15) is 19.2 Å². The topological polar surface area (TPSA) is 118 Å². The second kappa shape index (κ2) is 20.9. The molecule has 2 saturated heterocycles. The molecule has 4 aliphatic rings. The Balaban J connectivity index is 0.000000168. The maximum absolute atomic E-state index is 13.0. The summed E-state index contributed by atoms with van der Waals surface area (Å²) in [4.78, 5) is 56.1. The van der Waals surface area contributed by atoms with Crippen LogP contribution in [-0.2, 0) is 34.4 Å². The van der Waals surface area contributed by atoms with Gasteiger partial charge in [0.2, 0.25) is 17.7 Å². The maximum atomic E-state index is 13.0. The number of aromatic nitrogens is 2. The molecule has 4 heterocycles. The van der Waals surface area contributed by atoms with Gasteiger partial charge in [-0.2, -0.15) is 0 Å². The minimum absolute atomic E-state index is 0.0573. The second-order valence-electron chi connectivity index (χ2n) is 17.8. The molecule has 0 radical (unpaired) electrons. The number of nitrogens with zero attached hydrogens (tertiary/aromatic N) is 5. The van der Waals surface area contributed by atoms with Crippen LogP contribution in [0.5, 0.6) is 11.5 Å². The molecule has 5 aromatic rings. The fraction of sp³-hybridized carbons (Fsp3) is 0.451. The van der Waals surface area contributed by atoms with Crippen LogP contribution in [-0.4, -0.2) is 78.2 Å². The Morgan fingerprint density at radius 3 is 2.08 bits per heavy atom. The van der Waals surface area contributed by atoms with Crippen LogP contribution < -0.4 is 30.3 Å². The number of nitrogens with one attached hydrogen (secondary N) is 1. The van der Waals surface area contributed by atoms with E-state index in [1.807, 2.05) is 111 Å². The number of likely N-dealkylation sites (tertiary alicyclic amines) is 1. The minimum Gasteiger partial charge on any atom is -0.493 e. The lowest BCUT2D eigenvalue weighted by Gasteiger charge is -2.39. The highest BCUT2D eigenvalue weighted by Gasteiger charge is 2.32. The van der Waals surface area contributed by atoms with E-state index in [1.54, 1.807) is 23.3 Å². The van der Waals surface area contributed by atoms with Gasteiger partial charge in [0, 0.05) is 50.0 Å². The molecule has 1 saturated carbocycles. The molecular weight excluding hydrogens is 828 g/mol. The number of piperidine rings is 2. The predicted octanol–water partition coefficient (Wildman–Crippen LogP) is 8.81. The third-order valence-corrected chi connectivity index (χ3v) is 13.2. The van der Waals surface area contributed by atoms with Gasteiger partial charge in [-0.1, -0.05) is 55.1 Å². The van der Waals surface area contributed by atoms with E-state index in [2.05, 4.69) is 22.3 Å². The number of carbonyl (C=O) groups excluding carboxylic acids is 3. The van der Waals surface area contributed by atoms with E-state index >= 15 is 0 Å². The number of anilines is 2. The van der Waals surface area contributed by atoms with Crippen molar-refractivity contribution < 1.29 is 23.9 Å². The zero-order chi connectivity index (χ0) is 45.5. The quantitative estimate of drug-likeness (QED) is 0.154. The number of benzene rings is 4. The first kappa shape index (κ1) is 46.4. The average Bonchev–Trinajstić information content (AvgIpc) is 3.54. The minimum atomic E-state index is -0.626. The second-order valence-corrected chi connectivity index (χ2v) is 18.3. The molecule has 13 heteroatoms. The first-order chi connectivity index (χ1) is 30.8. The van der Waals surface area contributed by atoms with Gasteiger partial charge in [-0.3, -0.25) is 28.8 Å². The van der Waals surface area contributed by atoms with Crippen molar-refractivity contribution in [2.75, 3.05) is 44.1 Å². The number of hydrogen-bond donors (Lipinski definition) is 1. The maximum Gasteiger partial charge on any atom is 0.329 e. The van der Waals surface area contributed by atoms with Gasteiger partial charge in [-0.15, -0.1) is 0 Å². The third kappa shape index (κ3) is 10.8. The van der Waals surface area contributed by atoms with Crippen molar-refractivity contribution >= 4 is 51.7 Å². The highest BCUT2D eigenvalue weighted by molar-refractivity contribution is 6.30. The Morgan fingerprint density at radius 1 is 0.781 bits per heavy atom. The molecule has 12 nitrogen and oxygen atoms in total. The first-order valence-electron chi connectivity index (χ1n) is 22.7. The van der Waals surface area contributed by atoms with E-state index in [0.717, 1.165) is 76.3 Å². The van der Waals surface area contributed by atoms with Gasteiger partial charge in [0.1, 0.15) is 6.04 Å². The molecule has 64 heavy (non-hydrogen) atoms. The van der Waals surface area contributed by atoms with E-state index in [4.69, 9.17) is 21.1 Å². The highest BCUT2D eigenvalue weighted by atomic mass is 35.5. The van der Waals surface area contributed by atoms with Crippen LogP contribution in [0.2, 0.25) is 5.02 Å². The van der Waals surface area contributed by atoms with Gasteiger partial charge >= 0.3 is 5.69 Å². The fourth-order valence-corrected chi connectivity index (χ4v) is 9.61. The summed E-state index contributed by atoms with van der Waals surface area (Å²) in [6, 6.07) is 27.8. The Labute approximate surface area is 382 Å². The van der Waals surface area contributed by atoms with Crippen molar-refractivity contribution in [3.8, 4) is 11.5 Å². The van der Waals surface area contributed by atoms with Gasteiger partial charge in [-0.05, 0) is 142 Å². The smallest absolute Gasteiger partial charge is 0.329 e. The zero-order valence-electron chi connectivity index (χ0n) is 38.1. The van der Waals surface area contributed by atoms with Gasteiger partial charge < -0.3 is 24.2 Å². The number of aryl methyl sites for hydroxylation is 1. The zero-order valence-corrected chi connectivity index (χ0v) is 38.9. The number of imidazole rings is 1. The number of hydrogen-bond acceptors (Lipinski definition) is 8. The Morgan fingerprint density at radius 2 is 1.47 bits per heavy atom. The van der Waals surface area contributed by atoms with Crippen LogP contribution in [0.25, 0.3) is 11.0 Å². The molecule has 1 atom stereocenters. The van der Waals surface area contributed by atoms with Crippen LogP contribution in [0.15, 0.2) is 89.7 Å². The molecular formula is C51H63ClN6O6. The summed E-state index contributed by atoms with van der Waals surface area (Å²) < 4.78 is 14.5. The van der Waals surface area contributed by atoms with Gasteiger partial charge in [0.15, 0.2) is 11.5 Å². The summed E-state index contributed by atoms with van der Waals surface area (Å²) in [5.74, 6) is 1.35. The van der Waals surface area contributed by atoms with Crippen molar-refractivity contribution in [2.24, 2.45) is 7.05 Å². The van der Waals surface area contributed by atoms with E-state index in [-0.39, 0.29) is 35.9 Å². The number of rotatable bonds is 8. The normalized spacial score (nSPS) is 18.4. The summed E-state index contributed by atoms with van der Waals surface area (Å²) in [5.41, 5.74) is 6.83. The van der Waals surface area contributed by atoms with Crippen molar-refractivity contribution in [1.29, 1.82) is 0 Å². The molecule has 3 amide bonds. The summed E-state index contributed by atoms with van der Waals surface area (Å²) in [6.07, 6.45) is 10.2. The van der Waals surface area contributed by atoms with E-state index < -0.39 is 6.04 Å². The van der Waals surface area contributed by atoms with Crippen LogP contribution in [0.3, 0.4) is 0 Å². The standard InChI is InChI=1S/C24H32N4O3.C21H26N2O3.C6H5Cl/c1-26-21-15-17(16-11-13-27(14-12-16)18-5-3-2-4-6-18)7-8-19(21)28(24(26)31)20-9-10-22(29)25-23(20)30;1-14(2)26-20-11-16-13-23(18-8-6-17(7-9-18)22(3)4)21(24)12-15(16)10-19(20)25-5;7-6-4-2-1-3-5-6/h7-8,15-16,18,20H,2-6,9-14H2,1H3,(H,25,29,30);6-11,14H,12-13H2,1-5H3;1-5H. The number of amides is 3. The lowest BCUT2D eigenvalue weighted by molar-refractivity contribution is -0.135. The average molecular weight is 892 g/mol. The molecule has 4 aromatic carbocycles. The van der Waals surface area contributed by atoms with Gasteiger partial charge in [0.25, 0.3) is 0 Å². The molecule has 1 unspecified atom stereocenters. The summed E-state index contributed by atoms with van der Waals surface area (Å²) in [5, 5.41) is 3.17. The van der Waals surface area contributed by atoms with Crippen molar-refractivity contribution in [1.82, 2.24) is 19.4 Å². The molecule has 1 aromatic heterocycles. The molecule has 0 spiro atoms. The number of imide groups is 1. The SMILES string of the molecule is COc1cc2c(cc1OC(C)C)CN(c1ccc(N(C)C)cc1)C(=O)C2.Clc1ccccc1.Cn1c(=O)n(C2CCC(=O)NC2=O)c2ccc(C3CCN(C4CCCCC4)CC3)cc21. The van der Waals surface area contributed by atoms with Crippen LogP contribution >= 0.6 is 11.6 Å². The first-order valence-corrected chi connectivity index (χ1v) is 23.1. The van der Waals surface area contributed by atoms with Crippen LogP contribution in [0.1, 0.15) is 100 Å². The lowest BCUT2D eigenvalue weighted by atomic mass is 9.86. The molecule has 9 rings (SSSR count). The molecule has 3 fully saturated rings. The molecule has 340 valence electrons. The van der Waals surface area contributed by atoms with Gasteiger partial charge in [0.05, 0.1) is 37.2 Å². The predicted molar refractivity (Wildman–Crippen MR) is 255 cm³/mol. The van der Waals surface area contributed by atoms with Crippen LogP contribution in [0, 0.1) is 0 Å².